The van der Waals surface area contributed by atoms with Crippen LogP contribution in [0.5, 0.6) is 0 Å². The van der Waals surface area contributed by atoms with Crippen molar-refractivity contribution in [1.82, 2.24) is 0 Å². The molecular weight excluding hydrogens is 244 g/mol. The molecule has 0 amide bonds. The normalized spacial score (nSPS) is 11.9. The Morgan fingerprint density at radius 1 is 1.05 bits per heavy atom. The zero-order valence-corrected chi connectivity index (χ0v) is 11.1. The Hall–Kier alpha value is -2.10. The van der Waals surface area contributed by atoms with Gasteiger partial charge in [0, 0.05) is 12.0 Å². The Kier molecular flexibility index (Phi) is 5.30. The van der Waals surface area contributed by atoms with Crippen LogP contribution in [-0.4, -0.2) is 22.2 Å². The molecule has 19 heavy (non-hydrogen) atoms. The van der Waals surface area contributed by atoms with Gasteiger partial charge in [0.1, 0.15) is 0 Å². The maximum Gasteiger partial charge on any atom is 0.331 e. The second kappa shape index (κ2) is 6.73. The van der Waals surface area contributed by atoms with Gasteiger partial charge in [-0.15, -0.1) is 0 Å². The van der Waals surface area contributed by atoms with E-state index in [0.29, 0.717) is 18.4 Å². The Balaban J connectivity index is 2.92. The zero-order chi connectivity index (χ0) is 14.4. The molecule has 0 aliphatic heterocycles. The fraction of sp³-hybridized carbons (Fsp3) is 0.333. The fourth-order valence-corrected chi connectivity index (χ4v) is 1.82. The van der Waals surface area contributed by atoms with Crippen LogP contribution in [0.3, 0.4) is 0 Å². The SMILES string of the molecule is CC(Cc1ccccc1CCC(=O)O)=C(C)C(=O)O. The minimum Gasteiger partial charge on any atom is -0.481 e. The van der Waals surface area contributed by atoms with Crippen molar-refractivity contribution in [2.75, 3.05) is 0 Å². The van der Waals surface area contributed by atoms with Crippen LogP contribution >= 0.6 is 0 Å². The van der Waals surface area contributed by atoms with Crippen LogP contribution in [0.2, 0.25) is 0 Å². The van der Waals surface area contributed by atoms with Gasteiger partial charge in [-0.25, -0.2) is 4.79 Å². The van der Waals surface area contributed by atoms with Crippen LogP contribution in [-0.2, 0) is 22.4 Å². The minimum absolute atomic E-state index is 0.0810. The topological polar surface area (TPSA) is 74.6 Å². The quantitative estimate of drug-likeness (QED) is 0.773. The van der Waals surface area contributed by atoms with Gasteiger partial charge in [-0.05, 0) is 37.8 Å². The number of carbonyl (C=O) groups is 2. The fourth-order valence-electron chi connectivity index (χ4n) is 1.82. The minimum atomic E-state index is -0.916. The third-order valence-electron chi connectivity index (χ3n) is 3.14. The molecule has 0 spiro atoms. The van der Waals surface area contributed by atoms with E-state index in [1.807, 2.05) is 24.3 Å². The molecule has 1 rings (SSSR count). The molecule has 0 radical (unpaired) electrons. The van der Waals surface area contributed by atoms with Crippen molar-refractivity contribution in [3.05, 3.63) is 46.5 Å². The first-order valence-corrected chi connectivity index (χ1v) is 6.10. The molecule has 0 aliphatic rings. The monoisotopic (exact) mass is 262 g/mol. The summed E-state index contributed by atoms with van der Waals surface area (Å²) in [6, 6.07) is 7.55. The third-order valence-corrected chi connectivity index (χ3v) is 3.14. The van der Waals surface area contributed by atoms with Crippen LogP contribution in [0.4, 0.5) is 0 Å². The number of aliphatic carboxylic acids is 2. The molecule has 4 heteroatoms. The molecule has 0 aromatic heterocycles. The van der Waals surface area contributed by atoms with Gasteiger partial charge in [0.25, 0.3) is 0 Å². The van der Waals surface area contributed by atoms with E-state index in [9.17, 15) is 9.59 Å². The summed E-state index contributed by atoms with van der Waals surface area (Å²) < 4.78 is 0. The maximum atomic E-state index is 10.9. The molecule has 0 unspecified atom stereocenters. The number of rotatable bonds is 6. The number of allylic oxidation sites excluding steroid dienone is 1. The van der Waals surface area contributed by atoms with Gasteiger partial charge in [-0.3, -0.25) is 4.79 Å². The van der Waals surface area contributed by atoms with E-state index in [1.54, 1.807) is 13.8 Å². The lowest BCUT2D eigenvalue weighted by Crippen LogP contribution is -2.04. The summed E-state index contributed by atoms with van der Waals surface area (Å²) in [6.45, 7) is 3.37. The van der Waals surface area contributed by atoms with Crippen LogP contribution < -0.4 is 0 Å². The van der Waals surface area contributed by atoms with Crippen LogP contribution in [0.25, 0.3) is 0 Å². The number of carboxylic acid groups (broad SMARTS) is 2. The predicted molar refractivity (Wildman–Crippen MR) is 72.1 cm³/mol. The summed E-state index contributed by atoms with van der Waals surface area (Å²) in [5.74, 6) is -1.75. The third kappa shape index (κ3) is 4.58. The molecule has 0 atom stereocenters. The van der Waals surface area contributed by atoms with Crippen LogP contribution in [0.1, 0.15) is 31.4 Å². The summed E-state index contributed by atoms with van der Waals surface area (Å²) in [7, 11) is 0. The maximum absolute atomic E-state index is 10.9. The van der Waals surface area contributed by atoms with Crippen LogP contribution in [0, 0.1) is 0 Å². The van der Waals surface area contributed by atoms with E-state index in [1.165, 1.54) is 0 Å². The highest BCUT2D eigenvalue weighted by atomic mass is 16.4. The van der Waals surface area contributed by atoms with Gasteiger partial charge < -0.3 is 10.2 Å². The van der Waals surface area contributed by atoms with E-state index in [2.05, 4.69) is 0 Å². The highest BCUT2D eigenvalue weighted by molar-refractivity contribution is 5.86. The number of hydrogen-bond donors (Lipinski definition) is 2. The van der Waals surface area contributed by atoms with Crippen molar-refractivity contribution >= 4 is 11.9 Å². The lowest BCUT2D eigenvalue weighted by atomic mass is 9.95. The molecule has 0 saturated heterocycles. The first-order valence-electron chi connectivity index (χ1n) is 6.10. The molecule has 0 heterocycles. The van der Waals surface area contributed by atoms with E-state index in [4.69, 9.17) is 10.2 Å². The van der Waals surface area contributed by atoms with Gasteiger partial charge in [0.05, 0.1) is 0 Å². The summed E-state index contributed by atoms with van der Waals surface area (Å²) in [4.78, 5) is 21.5. The molecule has 0 fully saturated rings. The molecule has 2 N–H and O–H groups in total. The zero-order valence-electron chi connectivity index (χ0n) is 11.1. The largest absolute Gasteiger partial charge is 0.481 e. The van der Waals surface area contributed by atoms with Crippen molar-refractivity contribution in [3.63, 3.8) is 0 Å². The Bertz CT molecular complexity index is 515. The van der Waals surface area contributed by atoms with Gasteiger partial charge >= 0.3 is 11.9 Å². The second-order valence-electron chi connectivity index (χ2n) is 4.55. The Morgan fingerprint density at radius 3 is 2.16 bits per heavy atom. The standard InChI is InChI=1S/C15H18O4/c1-10(11(2)15(18)19)9-13-6-4-3-5-12(13)7-8-14(16)17/h3-6H,7-9H2,1-2H3,(H,16,17)(H,18,19). The van der Waals surface area contributed by atoms with Crippen molar-refractivity contribution in [3.8, 4) is 0 Å². The average Bonchev–Trinajstić information content (AvgIpc) is 2.36. The lowest BCUT2D eigenvalue weighted by molar-refractivity contribution is -0.137. The van der Waals surface area contributed by atoms with Gasteiger partial charge in [0.2, 0.25) is 0 Å². The summed E-state index contributed by atoms with van der Waals surface area (Å²) >= 11 is 0. The molecule has 1 aromatic rings. The summed E-state index contributed by atoms with van der Waals surface area (Å²) in [6.07, 6.45) is 1.08. The smallest absolute Gasteiger partial charge is 0.331 e. The molecule has 102 valence electrons. The average molecular weight is 262 g/mol. The number of benzene rings is 1. The number of aryl methyl sites for hydroxylation is 1. The van der Waals surface area contributed by atoms with Gasteiger partial charge in [-0.1, -0.05) is 29.8 Å². The first-order chi connectivity index (χ1) is 8.91. The summed E-state index contributed by atoms with van der Waals surface area (Å²) in [5, 5.41) is 17.7. The molecule has 0 aliphatic carbocycles. The second-order valence-corrected chi connectivity index (χ2v) is 4.55. The molecular formula is C15H18O4. The van der Waals surface area contributed by atoms with Gasteiger partial charge in [-0.2, -0.15) is 0 Å². The van der Waals surface area contributed by atoms with E-state index < -0.39 is 11.9 Å². The highest BCUT2D eigenvalue weighted by Gasteiger charge is 2.09. The summed E-state index contributed by atoms with van der Waals surface area (Å²) in [5.41, 5.74) is 3.08. The van der Waals surface area contributed by atoms with E-state index in [0.717, 1.165) is 16.7 Å². The van der Waals surface area contributed by atoms with E-state index >= 15 is 0 Å². The molecule has 0 bridgehead atoms. The van der Waals surface area contributed by atoms with Crippen molar-refractivity contribution in [1.29, 1.82) is 0 Å². The van der Waals surface area contributed by atoms with E-state index in [-0.39, 0.29) is 6.42 Å². The van der Waals surface area contributed by atoms with Crippen molar-refractivity contribution in [2.45, 2.75) is 33.1 Å². The Morgan fingerprint density at radius 2 is 1.63 bits per heavy atom. The highest BCUT2D eigenvalue weighted by Crippen LogP contribution is 2.17. The van der Waals surface area contributed by atoms with Crippen molar-refractivity contribution in [2.24, 2.45) is 0 Å². The number of hydrogen-bond acceptors (Lipinski definition) is 2. The Labute approximate surface area is 112 Å². The van der Waals surface area contributed by atoms with Gasteiger partial charge in [0.15, 0.2) is 0 Å². The number of carboxylic acids is 2. The molecule has 0 saturated carbocycles. The molecule has 4 nitrogen and oxygen atoms in total. The molecule has 1 aromatic carbocycles. The van der Waals surface area contributed by atoms with Crippen LogP contribution in [0.15, 0.2) is 35.4 Å². The predicted octanol–water partition coefficient (Wildman–Crippen LogP) is 2.67. The van der Waals surface area contributed by atoms with Crippen molar-refractivity contribution < 1.29 is 19.8 Å². The lowest BCUT2D eigenvalue weighted by Gasteiger charge is -2.10. The first kappa shape index (κ1) is 15.0.